The second kappa shape index (κ2) is 5.73. The van der Waals surface area contributed by atoms with Crippen LogP contribution in [0.25, 0.3) is 0 Å². The lowest BCUT2D eigenvalue weighted by molar-refractivity contribution is 0.0691. The van der Waals surface area contributed by atoms with Crippen molar-refractivity contribution in [2.75, 3.05) is 13.1 Å². The Hall–Kier alpha value is -1.72. The minimum absolute atomic E-state index is 0.0804. The predicted molar refractivity (Wildman–Crippen MR) is 78.2 cm³/mol. The summed E-state index contributed by atoms with van der Waals surface area (Å²) in [5.74, 6) is -0.958. The smallest absolute Gasteiger partial charge is 0.355 e. The van der Waals surface area contributed by atoms with Crippen LogP contribution in [0.15, 0.2) is 35.7 Å². The highest BCUT2D eigenvalue weighted by atomic mass is 32.1. The van der Waals surface area contributed by atoms with E-state index in [0.29, 0.717) is 0 Å². The van der Waals surface area contributed by atoms with Crippen LogP contribution in [0.3, 0.4) is 0 Å². The van der Waals surface area contributed by atoms with Gasteiger partial charge < -0.3 is 5.11 Å². The number of carboxylic acids is 1. The molecule has 1 aromatic carbocycles. The minimum atomic E-state index is -0.958. The zero-order valence-corrected chi connectivity index (χ0v) is 11.8. The molecule has 2 heterocycles. The molecule has 1 aliphatic rings. The Labute approximate surface area is 121 Å². The van der Waals surface area contributed by atoms with E-state index in [1.807, 2.05) is 18.2 Å². The topological polar surface area (TPSA) is 53.4 Å². The van der Waals surface area contributed by atoms with Crippen molar-refractivity contribution in [1.29, 1.82) is 0 Å². The number of hydrogen-bond donors (Lipinski definition) is 1. The van der Waals surface area contributed by atoms with E-state index in [1.54, 1.807) is 5.38 Å². The van der Waals surface area contributed by atoms with E-state index in [9.17, 15) is 4.79 Å². The van der Waals surface area contributed by atoms with Crippen LogP contribution in [0.2, 0.25) is 0 Å². The number of rotatable bonds is 4. The van der Waals surface area contributed by atoms with Crippen molar-refractivity contribution < 1.29 is 9.90 Å². The maximum absolute atomic E-state index is 11.0. The lowest BCUT2D eigenvalue weighted by Gasteiger charge is -2.26. The van der Waals surface area contributed by atoms with Crippen LogP contribution in [-0.4, -0.2) is 34.0 Å². The van der Waals surface area contributed by atoms with Gasteiger partial charge in [0.05, 0.1) is 6.04 Å². The average molecular weight is 288 g/mol. The molecule has 3 rings (SSSR count). The number of thiazole rings is 1. The lowest BCUT2D eigenvalue weighted by Crippen LogP contribution is -2.26. The number of carbonyl (C=O) groups is 1. The zero-order valence-electron chi connectivity index (χ0n) is 11.0. The van der Waals surface area contributed by atoms with Crippen molar-refractivity contribution in [3.63, 3.8) is 0 Å². The fourth-order valence-electron chi connectivity index (χ4n) is 2.66. The van der Waals surface area contributed by atoms with E-state index in [1.165, 1.54) is 29.7 Å². The lowest BCUT2D eigenvalue weighted by atomic mass is 10.1. The fourth-order valence-corrected chi connectivity index (χ4v) is 3.61. The molecule has 1 N–H and O–H groups in total. The molecule has 1 fully saturated rings. The maximum atomic E-state index is 11.0. The highest BCUT2D eigenvalue weighted by Gasteiger charge is 2.27. The van der Waals surface area contributed by atoms with E-state index in [2.05, 4.69) is 22.0 Å². The first-order valence-electron chi connectivity index (χ1n) is 6.73. The fraction of sp³-hybridized carbons (Fsp3) is 0.333. The summed E-state index contributed by atoms with van der Waals surface area (Å²) < 4.78 is 0. The summed E-state index contributed by atoms with van der Waals surface area (Å²) in [6, 6.07) is 10.3. The van der Waals surface area contributed by atoms with Crippen LogP contribution in [0, 0.1) is 0 Å². The molecular formula is C15H16N2O2S. The Morgan fingerprint density at radius 1 is 1.25 bits per heavy atom. The van der Waals surface area contributed by atoms with E-state index in [-0.39, 0.29) is 11.7 Å². The minimum Gasteiger partial charge on any atom is -0.476 e. The largest absolute Gasteiger partial charge is 0.476 e. The molecule has 1 saturated heterocycles. The molecule has 1 atom stereocenters. The maximum Gasteiger partial charge on any atom is 0.355 e. The quantitative estimate of drug-likeness (QED) is 0.939. The van der Waals surface area contributed by atoms with Crippen LogP contribution in [0.1, 0.15) is 39.9 Å². The Kier molecular flexibility index (Phi) is 3.80. The number of nitrogens with zero attached hydrogens (tertiary/aromatic N) is 2. The normalized spacial score (nSPS) is 17.2. The molecule has 0 aliphatic carbocycles. The van der Waals surface area contributed by atoms with Gasteiger partial charge in [0, 0.05) is 5.38 Å². The Morgan fingerprint density at radius 3 is 2.55 bits per heavy atom. The molecule has 0 spiro atoms. The van der Waals surface area contributed by atoms with Gasteiger partial charge in [0.15, 0.2) is 5.69 Å². The summed E-state index contributed by atoms with van der Waals surface area (Å²) in [6.45, 7) is 2.09. The third-order valence-corrected chi connectivity index (χ3v) is 4.49. The number of aromatic nitrogens is 1. The predicted octanol–water partition coefficient (Wildman–Crippen LogP) is 3.03. The highest BCUT2D eigenvalue weighted by molar-refractivity contribution is 7.10. The summed E-state index contributed by atoms with van der Waals surface area (Å²) >= 11 is 1.43. The van der Waals surface area contributed by atoms with Gasteiger partial charge in [0.25, 0.3) is 0 Å². The van der Waals surface area contributed by atoms with E-state index >= 15 is 0 Å². The summed E-state index contributed by atoms with van der Waals surface area (Å²) in [4.78, 5) is 17.7. The Balaban J connectivity index is 1.98. The second-order valence-corrected chi connectivity index (χ2v) is 5.82. The Morgan fingerprint density at radius 2 is 1.95 bits per heavy atom. The number of aromatic carboxylic acids is 1. The van der Waals surface area contributed by atoms with Crippen molar-refractivity contribution in [3.8, 4) is 0 Å². The van der Waals surface area contributed by atoms with Crippen molar-refractivity contribution >= 4 is 17.3 Å². The first kappa shape index (κ1) is 13.3. The van der Waals surface area contributed by atoms with E-state index < -0.39 is 5.97 Å². The van der Waals surface area contributed by atoms with Crippen LogP contribution in [0.4, 0.5) is 0 Å². The van der Waals surface area contributed by atoms with Gasteiger partial charge in [-0.2, -0.15) is 0 Å². The molecule has 0 saturated carbocycles. The molecule has 1 unspecified atom stereocenters. The van der Waals surface area contributed by atoms with Crippen molar-refractivity contribution in [1.82, 2.24) is 9.88 Å². The van der Waals surface area contributed by atoms with Crippen molar-refractivity contribution in [2.45, 2.75) is 18.9 Å². The molecule has 4 nitrogen and oxygen atoms in total. The summed E-state index contributed by atoms with van der Waals surface area (Å²) in [6.07, 6.45) is 2.39. The SMILES string of the molecule is O=C(O)c1csc(C(c2ccccc2)N2CCCC2)n1. The van der Waals surface area contributed by atoms with Gasteiger partial charge in [-0.05, 0) is 31.5 Å². The first-order valence-corrected chi connectivity index (χ1v) is 7.61. The first-order chi connectivity index (χ1) is 9.75. The van der Waals surface area contributed by atoms with Gasteiger partial charge >= 0.3 is 5.97 Å². The third kappa shape index (κ3) is 2.59. The number of hydrogen-bond acceptors (Lipinski definition) is 4. The standard InChI is InChI=1S/C15H16N2O2S/c18-15(19)12-10-20-14(16-12)13(17-8-4-5-9-17)11-6-2-1-3-7-11/h1-3,6-7,10,13H,4-5,8-9H2,(H,18,19). The molecular weight excluding hydrogens is 272 g/mol. The van der Waals surface area contributed by atoms with Crippen LogP contribution in [-0.2, 0) is 0 Å². The van der Waals surface area contributed by atoms with E-state index in [0.717, 1.165) is 18.1 Å². The third-order valence-electron chi connectivity index (χ3n) is 3.60. The van der Waals surface area contributed by atoms with Gasteiger partial charge in [-0.3, -0.25) is 4.90 Å². The van der Waals surface area contributed by atoms with Gasteiger partial charge in [-0.15, -0.1) is 11.3 Å². The van der Waals surface area contributed by atoms with Crippen molar-refractivity contribution in [2.24, 2.45) is 0 Å². The molecule has 104 valence electrons. The molecule has 1 aliphatic heterocycles. The monoisotopic (exact) mass is 288 g/mol. The molecule has 0 amide bonds. The molecule has 2 aromatic rings. The van der Waals surface area contributed by atoms with Gasteiger partial charge in [-0.25, -0.2) is 9.78 Å². The molecule has 20 heavy (non-hydrogen) atoms. The van der Waals surface area contributed by atoms with E-state index in [4.69, 9.17) is 5.11 Å². The molecule has 1 aromatic heterocycles. The zero-order chi connectivity index (χ0) is 13.9. The number of carboxylic acid groups (broad SMARTS) is 1. The van der Waals surface area contributed by atoms with Crippen LogP contribution < -0.4 is 0 Å². The van der Waals surface area contributed by atoms with Gasteiger partial charge in [0.1, 0.15) is 5.01 Å². The summed E-state index contributed by atoms with van der Waals surface area (Å²) in [7, 11) is 0. The van der Waals surface area contributed by atoms with Gasteiger partial charge in [-0.1, -0.05) is 30.3 Å². The second-order valence-electron chi connectivity index (χ2n) is 4.93. The van der Waals surface area contributed by atoms with Gasteiger partial charge in [0.2, 0.25) is 0 Å². The number of benzene rings is 1. The molecule has 5 heteroatoms. The molecule has 0 radical (unpaired) electrons. The molecule has 0 bridgehead atoms. The highest BCUT2D eigenvalue weighted by Crippen LogP contribution is 2.33. The average Bonchev–Trinajstić information content (AvgIpc) is 3.12. The summed E-state index contributed by atoms with van der Waals surface area (Å²) in [5, 5.41) is 11.5. The van der Waals surface area contributed by atoms with Crippen LogP contribution in [0.5, 0.6) is 0 Å². The van der Waals surface area contributed by atoms with Crippen LogP contribution >= 0.6 is 11.3 Å². The van der Waals surface area contributed by atoms with Crippen molar-refractivity contribution in [3.05, 3.63) is 52.0 Å². The number of likely N-dealkylation sites (tertiary alicyclic amines) is 1. The Bertz CT molecular complexity index is 591. The summed E-state index contributed by atoms with van der Waals surface area (Å²) in [5.41, 5.74) is 1.32.